The molecule has 0 bridgehead atoms. The van der Waals surface area contributed by atoms with Gasteiger partial charge in [-0.3, -0.25) is 4.68 Å². The summed E-state index contributed by atoms with van der Waals surface area (Å²) < 4.78 is 25.3. The summed E-state index contributed by atoms with van der Waals surface area (Å²) in [6, 6.07) is 2.23. The second-order valence-corrected chi connectivity index (χ2v) is 4.00. The van der Waals surface area contributed by atoms with Gasteiger partial charge < -0.3 is 15.2 Å². The number of hydrogen-bond acceptors (Lipinski definition) is 5. The molecule has 2 N–H and O–H groups in total. The molecular weight excluding hydrogens is 265 g/mol. The van der Waals surface area contributed by atoms with Crippen molar-refractivity contribution in [2.24, 2.45) is 0 Å². The average molecular weight is 279 g/mol. The fourth-order valence-corrected chi connectivity index (χ4v) is 1.63. The fourth-order valence-electron chi connectivity index (χ4n) is 1.63. The number of anilines is 1. The fraction of sp³-hybridized carbons (Fsp3) is 0.231. The third kappa shape index (κ3) is 2.71. The van der Waals surface area contributed by atoms with Crippen LogP contribution < -0.4 is 10.5 Å². The highest BCUT2D eigenvalue weighted by atomic mass is 19.1. The predicted octanol–water partition coefficient (Wildman–Crippen LogP) is 2.20. The van der Waals surface area contributed by atoms with Crippen LogP contribution in [0.15, 0.2) is 24.5 Å². The molecule has 2 rings (SSSR count). The van der Waals surface area contributed by atoms with Crippen molar-refractivity contribution in [3.8, 4) is 11.5 Å². The monoisotopic (exact) mass is 279 g/mol. The quantitative estimate of drug-likeness (QED) is 0.685. The van der Waals surface area contributed by atoms with Gasteiger partial charge in [0.2, 0.25) is 0 Å². The van der Waals surface area contributed by atoms with E-state index < -0.39 is 11.8 Å². The lowest BCUT2D eigenvalue weighted by molar-refractivity contribution is 0.0601. The highest BCUT2D eigenvalue weighted by molar-refractivity contribution is 5.95. The first-order chi connectivity index (χ1) is 9.55. The van der Waals surface area contributed by atoms with Crippen LogP contribution in [-0.4, -0.2) is 22.9 Å². The summed E-state index contributed by atoms with van der Waals surface area (Å²) >= 11 is 0. The van der Waals surface area contributed by atoms with Crippen molar-refractivity contribution in [3.63, 3.8) is 0 Å². The van der Waals surface area contributed by atoms with Crippen molar-refractivity contribution < 1.29 is 18.7 Å². The Hall–Kier alpha value is -2.57. The van der Waals surface area contributed by atoms with Gasteiger partial charge in [0.15, 0.2) is 17.3 Å². The molecule has 20 heavy (non-hydrogen) atoms. The predicted molar refractivity (Wildman–Crippen MR) is 70.1 cm³/mol. The zero-order valence-corrected chi connectivity index (χ0v) is 11.1. The molecule has 7 heteroatoms. The summed E-state index contributed by atoms with van der Waals surface area (Å²) in [7, 11) is 1.22. The van der Waals surface area contributed by atoms with E-state index in [9.17, 15) is 9.18 Å². The summed E-state index contributed by atoms with van der Waals surface area (Å²) in [5, 5.41) is 4.00. The lowest BCUT2D eigenvalue weighted by atomic mass is 10.1. The first kappa shape index (κ1) is 13.9. The van der Waals surface area contributed by atoms with E-state index in [0.717, 1.165) is 6.07 Å². The number of esters is 1. The Labute approximate surface area is 114 Å². The van der Waals surface area contributed by atoms with Crippen molar-refractivity contribution in [1.82, 2.24) is 9.78 Å². The molecule has 0 aliphatic carbocycles. The van der Waals surface area contributed by atoms with Crippen LogP contribution in [0.5, 0.6) is 11.5 Å². The zero-order chi connectivity index (χ0) is 14.7. The number of methoxy groups -OCH3 is 1. The Morgan fingerprint density at radius 3 is 2.85 bits per heavy atom. The number of nitrogen functional groups attached to an aromatic ring is 1. The number of nitrogens with zero attached hydrogens (tertiary/aromatic N) is 2. The molecular formula is C13H14FN3O3. The molecule has 1 aromatic heterocycles. The lowest BCUT2D eigenvalue weighted by Gasteiger charge is -2.09. The number of halogens is 1. The molecule has 1 aromatic carbocycles. The Morgan fingerprint density at radius 2 is 2.25 bits per heavy atom. The highest BCUT2D eigenvalue weighted by Gasteiger charge is 2.16. The summed E-state index contributed by atoms with van der Waals surface area (Å²) in [4.78, 5) is 11.5. The van der Waals surface area contributed by atoms with Crippen molar-refractivity contribution >= 4 is 11.7 Å². The van der Waals surface area contributed by atoms with Crippen LogP contribution >= 0.6 is 0 Å². The third-order valence-electron chi connectivity index (χ3n) is 2.67. The minimum atomic E-state index is -0.667. The molecule has 0 fully saturated rings. The van der Waals surface area contributed by atoms with Gasteiger partial charge in [-0.15, -0.1) is 0 Å². The standard InChI is InChI=1S/C13H14FN3O3/c1-3-17-7-8(6-16-17)20-12-4-9(13(18)19-2)11(15)5-10(12)14/h4-7H,3,15H2,1-2H3. The maximum absolute atomic E-state index is 13.8. The molecule has 1 heterocycles. The van der Waals surface area contributed by atoms with Crippen LogP contribution in [-0.2, 0) is 11.3 Å². The molecule has 2 aromatic rings. The number of carbonyl (C=O) groups excluding carboxylic acids is 1. The number of rotatable bonds is 4. The van der Waals surface area contributed by atoms with Crippen LogP contribution in [0.3, 0.4) is 0 Å². The van der Waals surface area contributed by atoms with Crippen LogP contribution in [0.25, 0.3) is 0 Å². The maximum Gasteiger partial charge on any atom is 0.340 e. The third-order valence-corrected chi connectivity index (χ3v) is 2.67. The molecule has 6 nitrogen and oxygen atoms in total. The SMILES string of the molecule is CCn1cc(Oc2cc(C(=O)OC)c(N)cc2F)cn1. The molecule has 0 saturated carbocycles. The minimum absolute atomic E-state index is 0.00838. The van der Waals surface area contributed by atoms with Gasteiger partial charge in [-0.1, -0.05) is 0 Å². The number of carbonyl (C=O) groups is 1. The number of aryl methyl sites for hydroxylation is 1. The highest BCUT2D eigenvalue weighted by Crippen LogP contribution is 2.28. The molecule has 0 aliphatic heterocycles. The zero-order valence-electron chi connectivity index (χ0n) is 11.1. The second kappa shape index (κ2) is 5.60. The first-order valence-corrected chi connectivity index (χ1v) is 5.92. The topological polar surface area (TPSA) is 79.4 Å². The summed E-state index contributed by atoms with van der Waals surface area (Å²) in [6.45, 7) is 2.58. The van der Waals surface area contributed by atoms with Crippen molar-refractivity contribution in [2.45, 2.75) is 13.5 Å². The van der Waals surface area contributed by atoms with E-state index in [1.54, 1.807) is 10.9 Å². The van der Waals surface area contributed by atoms with E-state index >= 15 is 0 Å². The van der Waals surface area contributed by atoms with Crippen LogP contribution in [0.4, 0.5) is 10.1 Å². The number of ether oxygens (including phenoxy) is 2. The molecule has 0 aliphatic rings. The number of aromatic nitrogens is 2. The normalized spacial score (nSPS) is 10.3. The van der Waals surface area contributed by atoms with E-state index in [1.807, 2.05) is 6.92 Å². The van der Waals surface area contributed by atoms with Crippen LogP contribution in [0.1, 0.15) is 17.3 Å². The number of nitrogens with two attached hydrogens (primary N) is 1. The molecule has 0 amide bonds. The van der Waals surface area contributed by atoms with Gasteiger partial charge in [0.05, 0.1) is 25.1 Å². The van der Waals surface area contributed by atoms with E-state index in [4.69, 9.17) is 10.5 Å². The Balaban J connectivity index is 2.33. The maximum atomic E-state index is 13.8. The Kier molecular flexibility index (Phi) is 3.88. The summed E-state index contributed by atoms with van der Waals surface area (Å²) in [6.07, 6.45) is 3.07. The van der Waals surface area contributed by atoms with E-state index in [0.29, 0.717) is 12.3 Å². The van der Waals surface area contributed by atoms with Gasteiger partial charge in [0.1, 0.15) is 0 Å². The van der Waals surface area contributed by atoms with Crippen LogP contribution in [0, 0.1) is 5.82 Å². The Bertz CT molecular complexity index is 640. The first-order valence-electron chi connectivity index (χ1n) is 5.92. The molecule has 0 atom stereocenters. The summed E-state index contributed by atoms with van der Waals surface area (Å²) in [5.74, 6) is -1.07. The van der Waals surface area contributed by atoms with Gasteiger partial charge in [0, 0.05) is 24.4 Å². The van der Waals surface area contributed by atoms with Crippen molar-refractivity contribution in [3.05, 3.63) is 35.9 Å². The minimum Gasteiger partial charge on any atom is -0.465 e. The Morgan fingerprint density at radius 1 is 1.50 bits per heavy atom. The molecule has 0 saturated heterocycles. The number of benzene rings is 1. The molecule has 0 unspecified atom stereocenters. The van der Waals surface area contributed by atoms with E-state index in [2.05, 4.69) is 9.84 Å². The second-order valence-electron chi connectivity index (χ2n) is 4.00. The van der Waals surface area contributed by atoms with Gasteiger partial charge in [-0.05, 0) is 6.92 Å². The van der Waals surface area contributed by atoms with Crippen molar-refractivity contribution in [2.75, 3.05) is 12.8 Å². The van der Waals surface area contributed by atoms with Gasteiger partial charge in [0.25, 0.3) is 0 Å². The van der Waals surface area contributed by atoms with Gasteiger partial charge in [-0.25, -0.2) is 9.18 Å². The average Bonchev–Trinajstić information content (AvgIpc) is 2.88. The molecule has 0 spiro atoms. The van der Waals surface area contributed by atoms with Crippen molar-refractivity contribution in [1.29, 1.82) is 0 Å². The van der Waals surface area contributed by atoms with Gasteiger partial charge >= 0.3 is 5.97 Å². The summed E-state index contributed by atoms with van der Waals surface area (Å²) in [5.41, 5.74) is 5.61. The largest absolute Gasteiger partial charge is 0.465 e. The van der Waals surface area contributed by atoms with E-state index in [-0.39, 0.29) is 17.0 Å². The number of hydrogen-bond donors (Lipinski definition) is 1. The van der Waals surface area contributed by atoms with Gasteiger partial charge in [-0.2, -0.15) is 5.10 Å². The van der Waals surface area contributed by atoms with E-state index in [1.165, 1.54) is 19.4 Å². The lowest BCUT2D eigenvalue weighted by Crippen LogP contribution is -2.06. The molecule has 106 valence electrons. The van der Waals surface area contributed by atoms with Crippen LogP contribution in [0.2, 0.25) is 0 Å². The molecule has 0 radical (unpaired) electrons. The smallest absolute Gasteiger partial charge is 0.340 e.